The number of aromatic nitrogens is 1. The maximum Gasteiger partial charge on any atom is 0.417 e. The van der Waals surface area contributed by atoms with Crippen LogP contribution in [0, 0.1) is 0 Å². The van der Waals surface area contributed by atoms with Crippen molar-refractivity contribution in [1.29, 1.82) is 0 Å². The van der Waals surface area contributed by atoms with E-state index in [1.165, 1.54) is 0 Å². The molecule has 8 heteroatoms. The summed E-state index contributed by atoms with van der Waals surface area (Å²) >= 11 is 0. The Morgan fingerprint density at radius 1 is 1.43 bits per heavy atom. The second kappa shape index (κ2) is 6.31. The molecule has 1 aromatic heterocycles. The van der Waals surface area contributed by atoms with Gasteiger partial charge in [0, 0.05) is 0 Å². The number of likely N-dealkylation sites (N-methyl/N-ethyl adjacent to an activating group) is 1. The average molecular weight is 304 g/mol. The number of hydrogen-bond acceptors (Lipinski definition) is 4. The Kier molecular flexibility index (Phi) is 4.69. The number of nitrogens with one attached hydrogen (secondary N) is 2. The summed E-state index contributed by atoms with van der Waals surface area (Å²) in [7, 11) is 0. The van der Waals surface area contributed by atoms with E-state index in [0.29, 0.717) is 23.2 Å². The lowest BCUT2D eigenvalue weighted by Crippen LogP contribution is -2.27. The largest absolute Gasteiger partial charge is 0.417 e. The number of H-pyrrole nitrogens is 1. The van der Waals surface area contributed by atoms with Crippen molar-refractivity contribution in [3.05, 3.63) is 34.3 Å². The van der Waals surface area contributed by atoms with Crippen molar-refractivity contribution in [3.8, 4) is 0 Å². The van der Waals surface area contributed by atoms with E-state index < -0.39 is 24.6 Å². The van der Waals surface area contributed by atoms with Crippen LogP contribution in [0.3, 0.4) is 0 Å². The molecule has 2 aromatic rings. The molecule has 5 nitrogen and oxygen atoms in total. The molecule has 2 N–H and O–H groups in total. The summed E-state index contributed by atoms with van der Waals surface area (Å²) in [4.78, 5) is 13.6. The molecule has 0 bridgehead atoms. The van der Waals surface area contributed by atoms with Crippen LogP contribution in [0.1, 0.15) is 18.5 Å². The minimum absolute atomic E-state index is 0.131. The van der Waals surface area contributed by atoms with Crippen molar-refractivity contribution in [2.45, 2.75) is 19.1 Å². The van der Waals surface area contributed by atoms with Crippen molar-refractivity contribution in [3.63, 3.8) is 0 Å². The van der Waals surface area contributed by atoms with Crippen LogP contribution in [0.25, 0.3) is 11.1 Å². The fraction of sp³-hybridized carbons (Fsp3) is 0.462. The van der Waals surface area contributed by atoms with Crippen molar-refractivity contribution in [2.75, 3.05) is 19.8 Å². The van der Waals surface area contributed by atoms with Gasteiger partial charge in [-0.25, -0.2) is 4.79 Å². The number of benzene rings is 1. The van der Waals surface area contributed by atoms with Gasteiger partial charge in [0.15, 0.2) is 5.58 Å². The Hall–Kier alpha value is -1.80. The minimum atomic E-state index is -4.35. The molecule has 2 rings (SSSR count). The number of ether oxygens (including phenoxy) is 1. The highest BCUT2D eigenvalue weighted by Crippen LogP contribution is 2.20. The molecule has 1 aromatic carbocycles. The lowest BCUT2D eigenvalue weighted by Gasteiger charge is -2.19. The Morgan fingerprint density at radius 2 is 2.19 bits per heavy atom. The number of hydrogen-bond donors (Lipinski definition) is 2. The van der Waals surface area contributed by atoms with Gasteiger partial charge in [-0.05, 0) is 24.2 Å². The average Bonchev–Trinajstić information content (AvgIpc) is 2.75. The van der Waals surface area contributed by atoms with E-state index in [1.54, 1.807) is 18.2 Å². The molecule has 1 atom stereocenters. The van der Waals surface area contributed by atoms with E-state index in [1.807, 2.05) is 6.92 Å². The predicted molar refractivity (Wildman–Crippen MR) is 70.1 cm³/mol. The van der Waals surface area contributed by atoms with Crippen molar-refractivity contribution in [1.82, 2.24) is 10.3 Å². The van der Waals surface area contributed by atoms with E-state index in [-0.39, 0.29) is 6.61 Å². The third-order valence-corrected chi connectivity index (χ3v) is 2.85. The van der Waals surface area contributed by atoms with Gasteiger partial charge in [-0.15, -0.1) is 0 Å². The van der Waals surface area contributed by atoms with Crippen LogP contribution in [0.2, 0.25) is 0 Å². The van der Waals surface area contributed by atoms with E-state index in [2.05, 4.69) is 10.3 Å². The summed E-state index contributed by atoms with van der Waals surface area (Å²) in [6, 6.07) is 4.54. The summed E-state index contributed by atoms with van der Waals surface area (Å²) in [5.74, 6) is -0.574. The Bertz CT molecular complexity index is 648. The summed E-state index contributed by atoms with van der Waals surface area (Å²) in [5.41, 5.74) is 1.58. The zero-order valence-electron chi connectivity index (χ0n) is 11.3. The number of fused-ring (bicyclic) bond motifs is 1. The quantitative estimate of drug-likeness (QED) is 0.859. The number of halogens is 3. The first-order chi connectivity index (χ1) is 9.89. The van der Waals surface area contributed by atoms with Gasteiger partial charge in [0.05, 0.1) is 18.2 Å². The zero-order chi connectivity index (χ0) is 15.5. The van der Waals surface area contributed by atoms with Gasteiger partial charge < -0.3 is 14.5 Å². The molecule has 0 aliphatic rings. The van der Waals surface area contributed by atoms with Crippen LogP contribution in [0.15, 0.2) is 27.4 Å². The normalized spacial score (nSPS) is 13.7. The van der Waals surface area contributed by atoms with E-state index >= 15 is 0 Å². The standard InChI is InChI=1S/C13H15F3N2O3/c1-2-17-10(6-20-7-13(14,15)16)8-3-4-9-11(5-8)21-12(19)18-9/h3-5,10,17H,2,6-7H2,1H3,(H,18,19). The molecule has 0 fully saturated rings. The molecule has 0 amide bonds. The van der Waals surface area contributed by atoms with Gasteiger partial charge in [0.1, 0.15) is 6.61 Å². The molecule has 1 unspecified atom stereocenters. The molecule has 0 saturated heterocycles. The first-order valence-electron chi connectivity index (χ1n) is 6.39. The first-order valence-corrected chi connectivity index (χ1v) is 6.39. The number of aromatic amines is 1. The second-order valence-electron chi connectivity index (χ2n) is 4.51. The zero-order valence-corrected chi connectivity index (χ0v) is 11.3. The van der Waals surface area contributed by atoms with Crippen LogP contribution < -0.4 is 11.1 Å². The Morgan fingerprint density at radius 3 is 2.86 bits per heavy atom. The van der Waals surface area contributed by atoms with E-state index in [9.17, 15) is 18.0 Å². The van der Waals surface area contributed by atoms with Gasteiger partial charge in [-0.1, -0.05) is 13.0 Å². The summed E-state index contributed by atoms with van der Waals surface area (Å²) in [5, 5.41) is 3.03. The summed E-state index contributed by atoms with van der Waals surface area (Å²) in [6.45, 7) is 0.977. The van der Waals surface area contributed by atoms with Gasteiger partial charge in [-0.3, -0.25) is 4.98 Å². The fourth-order valence-corrected chi connectivity index (χ4v) is 1.99. The van der Waals surface area contributed by atoms with Crippen LogP contribution in [0.5, 0.6) is 0 Å². The highest BCUT2D eigenvalue weighted by atomic mass is 19.4. The van der Waals surface area contributed by atoms with Crippen LogP contribution in [0.4, 0.5) is 13.2 Å². The smallest absolute Gasteiger partial charge is 0.408 e. The third kappa shape index (κ3) is 4.33. The Balaban J connectivity index is 2.13. The Labute approximate surface area is 118 Å². The van der Waals surface area contributed by atoms with Gasteiger partial charge in [0.25, 0.3) is 0 Å². The SMILES string of the molecule is CCNC(COCC(F)(F)F)c1ccc2[nH]c(=O)oc2c1. The first kappa shape index (κ1) is 15.6. The second-order valence-corrected chi connectivity index (χ2v) is 4.51. The highest BCUT2D eigenvalue weighted by Gasteiger charge is 2.28. The molecular weight excluding hydrogens is 289 g/mol. The fourth-order valence-electron chi connectivity index (χ4n) is 1.99. The lowest BCUT2D eigenvalue weighted by molar-refractivity contribution is -0.175. The number of rotatable bonds is 6. The van der Waals surface area contributed by atoms with Crippen molar-refractivity contribution >= 4 is 11.1 Å². The van der Waals surface area contributed by atoms with E-state index in [4.69, 9.17) is 9.15 Å². The molecule has 21 heavy (non-hydrogen) atoms. The minimum Gasteiger partial charge on any atom is -0.408 e. The maximum atomic E-state index is 12.1. The van der Waals surface area contributed by atoms with Crippen LogP contribution in [-0.2, 0) is 4.74 Å². The lowest BCUT2D eigenvalue weighted by atomic mass is 10.1. The molecule has 0 radical (unpaired) electrons. The highest BCUT2D eigenvalue weighted by molar-refractivity contribution is 5.72. The predicted octanol–water partition coefficient (Wildman–Crippen LogP) is 2.35. The molecule has 0 aliphatic heterocycles. The molecular formula is C13H15F3N2O3. The molecule has 1 heterocycles. The summed E-state index contributed by atoms with van der Waals surface area (Å²) < 4.78 is 46.0. The molecule has 0 aliphatic carbocycles. The van der Waals surface area contributed by atoms with Gasteiger partial charge in [-0.2, -0.15) is 13.2 Å². The van der Waals surface area contributed by atoms with Crippen molar-refractivity contribution < 1.29 is 22.3 Å². The van der Waals surface area contributed by atoms with Gasteiger partial charge >= 0.3 is 11.9 Å². The number of oxazole rings is 1. The molecule has 116 valence electrons. The maximum absolute atomic E-state index is 12.1. The monoisotopic (exact) mass is 304 g/mol. The third-order valence-electron chi connectivity index (χ3n) is 2.85. The number of alkyl halides is 3. The van der Waals surface area contributed by atoms with Gasteiger partial charge in [0.2, 0.25) is 0 Å². The molecule has 0 saturated carbocycles. The van der Waals surface area contributed by atoms with Crippen LogP contribution in [-0.4, -0.2) is 30.9 Å². The molecule has 0 spiro atoms. The summed E-state index contributed by atoms with van der Waals surface area (Å²) in [6.07, 6.45) is -4.35. The van der Waals surface area contributed by atoms with Crippen LogP contribution >= 0.6 is 0 Å². The van der Waals surface area contributed by atoms with E-state index in [0.717, 1.165) is 0 Å². The van der Waals surface area contributed by atoms with Crippen molar-refractivity contribution in [2.24, 2.45) is 0 Å². The topological polar surface area (TPSA) is 67.3 Å².